The first kappa shape index (κ1) is 16.5. The van der Waals surface area contributed by atoms with Crippen molar-refractivity contribution in [1.29, 1.82) is 0 Å². The number of fused-ring (bicyclic) bond motifs is 1. The van der Waals surface area contributed by atoms with Gasteiger partial charge in [0.2, 0.25) is 0 Å². The zero-order valence-corrected chi connectivity index (χ0v) is 13.6. The van der Waals surface area contributed by atoms with Crippen molar-refractivity contribution in [2.45, 2.75) is 6.92 Å². The number of ether oxygens (including phenoxy) is 1. The van der Waals surface area contributed by atoms with Crippen LogP contribution in [0.5, 0.6) is 11.5 Å². The fourth-order valence-corrected chi connectivity index (χ4v) is 2.55. The third kappa shape index (κ3) is 3.61. The van der Waals surface area contributed by atoms with Gasteiger partial charge >= 0.3 is 5.97 Å². The molecular formula is C20H17NO4. The van der Waals surface area contributed by atoms with Crippen molar-refractivity contribution in [3.63, 3.8) is 0 Å². The van der Waals surface area contributed by atoms with E-state index in [0.717, 1.165) is 5.56 Å². The number of pyridine rings is 1. The molecule has 0 spiro atoms. The zero-order chi connectivity index (χ0) is 17.8. The first-order valence-electron chi connectivity index (χ1n) is 7.85. The summed E-state index contributed by atoms with van der Waals surface area (Å²) in [6.45, 7) is 2.29. The lowest BCUT2D eigenvalue weighted by Crippen LogP contribution is -2.00. The lowest BCUT2D eigenvalue weighted by molar-refractivity contribution is 0.0699. The second-order valence-electron chi connectivity index (χ2n) is 5.41. The Labute approximate surface area is 144 Å². The number of aromatic hydroxyl groups is 1. The standard InChI is InChI=1S/C20H17NO4/c1-2-25-19-11-13(8-10-18(19)22)7-9-14-12-16(20(23)24)15-5-3-4-6-17(15)21-14/h3-12,22H,2H2,1H3,(H,23,24). The zero-order valence-electron chi connectivity index (χ0n) is 13.6. The molecule has 1 aromatic heterocycles. The average molecular weight is 335 g/mol. The smallest absolute Gasteiger partial charge is 0.336 e. The van der Waals surface area contributed by atoms with E-state index in [1.54, 1.807) is 54.6 Å². The molecule has 0 bridgehead atoms. The molecule has 3 rings (SSSR count). The molecule has 5 heteroatoms. The van der Waals surface area contributed by atoms with Crippen LogP contribution in [-0.4, -0.2) is 27.8 Å². The maximum atomic E-state index is 11.5. The second-order valence-corrected chi connectivity index (χ2v) is 5.41. The van der Waals surface area contributed by atoms with Gasteiger partial charge in [-0.1, -0.05) is 30.3 Å². The van der Waals surface area contributed by atoms with Gasteiger partial charge in [-0.15, -0.1) is 0 Å². The van der Waals surface area contributed by atoms with Crippen molar-refractivity contribution < 1.29 is 19.7 Å². The number of phenolic OH excluding ortho intramolecular Hbond substituents is 1. The fourth-order valence-electron chi connectivity index (χ4n) is 2.55. The van der Waals surface area contributed by atoms with E-state index in [1.165, 1.54) is 0 Å². The van der Waals surface area contributed by atoms with Gasteiger partial charge in [-0.2, -0.15) is 0 Å². The van der Waals surface area contributed by atoms with Crippen molar-refractivity contribution in [2.24, 2.45) is 0 Å². The van der Waals surface area contributed by atoms with Crippen LogP contribution in [0.4, 0.5) is 0 Å². The molecule has 0 atom stereocenters. The van der Waals surface area contributed by atoms with E-state index in [4.69, 9.17) is 4.74 Å². The molecule has 3 aromatic rings. The molecule has 0 saturated heterocycles. The molecule has 5 nitrogen and oxygen atoms in total. The Hall–Kier alpha value is -3.34. The third-order valence-electron chi connectivity index (χ3n) is 3.70. The van der Waals surface area contributed by atoms with E-state index >= 15 is 0 Å². The van der Waals surface area contributed by atoms with Crippen LogP contribution in [0.1, 0.15) is 28.5 Å². The third-order valence-corrected chi connectivity index (χ3v) is 3.70. The molecule has 0 fully saturated rings. The van der Waals surface area contributed by atoms with Crippen molar-refractivity contribution in [1.82, 2.24) is 4.98 Å². The van der Waals surface area contributed by atoms with Crippen LogP contribution in [0.15, 0.2) is 48.5 Å². The van der Waals surface area contributed by atoms with Crippen LogP contribution < -0.4 is 4.74 Å². The van der Waals surface area contributed by atoms with E-state index in [1.807, 2.05) is 13.0 Å². The predicted molar refractivity (Wildman–Crippen MR) is 96.9 cm³/mol. The number of hydrogen-bond acceptors (Lipinski definition) is 4. The number of aromatic carboxylic acids is 1. The van der Waals surface area contributed by atoms with Gasteiger partial charge in [0.25, 0.3) is 0 Å². The summed E-state index contributed by atoms with van der Waals surface area (Å²) in [6, 6.07) is 13.7. The van der Waals surface area contributed by atoms with Crippen molar-refractivity contribution in [3.8, 4) is 11.5 Å². The van der Waals surface area contributed by atoms with Gasteiger partial charge in [-0.25, -0.2) is 9.78 Å². The fraction of sp³-hybridized carbons (Fsp3) is 0.100. The normalized spacial score (nSPS) is 11.1. The first-order chi connectivity index (χ1) is 12.1. The van der Waals surface area contributed by atoms with Crippen molar-refractivity contribution >= 4 is 29.0 Å². The number of benzene rings is 2. The molecule has 0 radical (unpaired) electrons. The molecule has 0 unspecified atom stereocenters. The van der Waals surface area contributed by atoms with E-state index in [-0.39, 0.29) is 11.3 Å². The molecule has 1 heterocycles. The number of hydrogen-bond donors (Lipinski definition) is 2. The summed E-state index contributed by atoms with van der Waals surface area (Å²) in [5.74, 6) is -0.505. The summed E-state index contributed by atoms with van der Waals surface area (Å²) in [5, 5.41) is 19.8. The SMILES string of the molecule is CCOc1cc(C=Cc2cc(C(=O)O)c3ccccc3n2)ccc1O. The van der Waals surface area contributed by atoms with Crippen LogP contribution in [0.3, 0.4) is 0 Å². The van der Waals surface area contributed by atoms with Gasteiger partial charge in [-0.05, 0) is 42.8 Å². The summed E-state index contributed by atoms with van der Waals surface area (Å²) < 4.78 is 5.36. The Morgan fingerprint density at radius 3 is 2.72 bits per heavy atom. The number of carboxylic acid groups (broad SMARTS) is 1. The maximum absolute atomic E-state index is 11.5. The maximum Gasteiger partial charge on any atom is 0.336 e. The molecule has 0 saturated carbocycles. The van der Waals surface area contributed by atoms with Gasteiger partial charge in [0, 0.05) is 5.39 Å². The topological polar surface area (TPSA) is 79.7 Å². The van der Waals surface area contributed by atoms with Crippen LogP contribution in [0, 0.1) is 0 Å². The van der Waals surface area contributed by atoms with E-state index in [0.29, 0.717) is 29.0 Å². The van der Waals surface area contributed by atoms with Gasteiger partial charge in [0.1, 0.15) is 0 Å². The molecule has 2 N–H and O–H groups in total. The highest BCUT2D eigenvalue weighted by Gasteiger charge is 2.10. The van der Waals surface area contributed by atoms with E-state index in [9.17, 15) is 15.0 Å². The molecule has 0 aliphatic heterocycles. The molecule has 0 amide bonds. The highest BCUT2D eigenvalue weighted by Crippen LogP contribution is 2.27. The highest BCUT2D eigenvalue weighted by atomic mass is 16.5. The lowest BCUT2D eigenvalue weighted by atomic mass is 10.1. The van der Waals surface area contributed by atoms with Gasteiger partial charge in [0.05, 0.1) is 23.4 Å². The number of aromatic nitrogens is 1. The Morgan fingerprint density at radius 1 is 1.16 bits per heavy atom. The highest BCUT2D eigenvalue weighted by molar-refractivity contribution is 6.03. The predicted octanol–water partition coefficient (Wildman–Crippen LogP) is 4.21. The van der Waals surface area contributed by atoms with Crippen LogP contribution in [0.25, 0.3) is 23.1 Å². The minimum atomic E-state index is -0.989. The summed E-state index contributed by atoms with van der Waals surface area (Å²) in [7, 11) is 0. The van der Waals surface area contributed by atoms with Gasteiger partial charge in [0.15, 0.2) is 11.5 Å². The molecule has 126 valence electrons. The Kier molecular flexibility index (Phi) is 4.66. The Bertz CT molecular complexity index is 963. The lowest BCUT2D eigenvalue weighted by Gasteiger charge is -2.06. The van der Waals surface area contributed by atoms with Crippen molar-refractivity contribution in [3.05, 3.63) is 65.4 Å². The molecule has 0 aliphatic rings. The van der Waals surface area contributed by atoms with Gasteiger partial charge in [-0.3, -0.25) is 0 Å². The van der Waals surface area contributed by atoms with Crippen LogP contribution in [-0.2, 0) is 0 Å². The largest absolute Gasteiger partial charge is 0.504 e. The minimum Gasteiger partial charge on any atom is -0.504 e. The average Bonchev–Trinajstić information content (AvgIpc) is 2.61. The van der Waals surface area contributed by atoms with Crippen molar-refractivity contribution in [2.75, 3.05) is 6.61 Å². The summed E-state index contributed by atoms with van der Waals surface area (Å²) in [5.41, 5.74) is 2.20. The molecule has 25 heavy (non-hydrogen) atoms. The van der Waals surface area contributed by atoms with Gasteiger partial charge < -0.3 is 14.9 Å². The number of carbonyl (C=O) groups is 1. The number of rotatable bonds is 5. The second kappa shape index (κ2) is 7.05. The van der Waals surface area contributed by atoms with E-state index < -0.39 is 5.97 Å². The Morgan fingerprint density at radius 2 is 1.96 bits per heavy atom. The first-order valence-corrected chi connectivity index (χ1v) is 7.85. The van der Waals surface area contributed by atoms with E-state index in [2.05, 4.69) is 4.98 Å². The molecule has 2 aromatic carbocycles. The van der Waals surface area contributed by atoms with Crippen LogP contribution >= 0.6 is 0 Å². The Balaban J connectivity index is 1.99. The summed E-state index contributed by atoms with van der Waals surface area (Å²) >= 11 is 0. The number of nitrogens with zero attached hydrogens (tertiary/aromatic N) is 1. The number of carboxylic acids is 1. The summed E-state index contributed by atoms with van der Waals surface area (Å²) in [4.78, 5) is 16.0. The minimum absolute atomic E-state index is 0.0796. The number of para-hydroxylation sites is 1. The monoisotopic (exact) mass is 335 g/mol. The molecular weight excluding hydrogens is 318 g/mol. The quantitative estimate of drug-likeness (QED) is 0.730. The molecule has 0 aliphatic carbocycles. The van der Waals surface area contributed by atoms with Crippen LogP contribution in [0.2, 0.25) is 0 Å². The summed E-state index contributed by atoms with van der Waals surface area (Å²) in [6.07, 6.45) is 3.53. The number of phenols is 1.